The lowest BCUT2D eigenvalue weighted by molar-refractivity contribution is -0.116. The average molecular weight is 237 g/mol. The predicted octanol–water partition coefficient (Wildman–Crippen LogP) is 2.46. The average Bonchev–Trinajstić information content (AvgIpc) is 2.25. The van der Waals surface area contributed by atoms with Crippen LogP contribution in [-0.4, -0.2) is 16.2 Å². The highest BCUT2D eigenvalue weighted by molar-refractivity contribution is 7.83. The molecule has 0 aliphatic heterocycles. The molecule has 16 heavy (non-hydrogen) atoms. The molecule has 0 saturated heterocycles. The molecule has 4 heteroatoms. The summed E-state index contributed by atoms with van der Waals surface area (Å²) >= 11 is 0. The minimum atomic E-state index is -1.35. The third kappa shape index (κ3) is 4.49. The maximum absolute atomic E-state index is 11.6. The number of aryl methyl sites for hydroxylation is 1. The summed E-state index contributed by atoms with van der Waals surface area (Å²) < 4.78 is 15.5. The molecule has 0 bridgehead atoms. The van der Waals surface area contributed by atoms with Crippen LogP contribution >= 0.6 is 0 Å². The van der Waals surface area contributed by atoms with E-state index in [2.05, 4.69) is 4.40 Å². The number of hydrogen-bond donors (Lipinski definition) is 0. The summed E-state index contributed by atoms with van der Waals surface area (Å²) in [5.41, 5.74) is 1.13. The quantitative estimate of drug-likeness (QED) is 0.738. The molecule has 0 aliphatic carbocycles. The molecule has 1 rings (SSSR count). The highest BCUT2D eigenvalue weighted by Gasteiger charge is 1.99. The lowest BCUT2D eigenvalue weighted by Crippen LogP contribution is -1.92. The topological polar surface area (TPSA) is 46.5 Å². The summed E-state index contributed by atoms with van der Waals surface area (Å²) in [6.07, 6.45) is 2.55. The van der Waals surface area contributed by atoms with E-state index in [0.29, 0.717) is 17.7 Å². The predicted molar refractivity (Wildman–Crippen MR) is 66.0 cm³/mol. The first kappa shape index (κ1) is 12.8. The molecule has 0 saturated carbocycles. The number of hydrogen-bond acceptors (Lipinski definition) is 2. The molecular formula is C12H15NO2S. The van der Waals surface area contributed by atoms with E-state index >= 15 is 0 Å². The van der Waals surface area contributed by atoms with Crippen molar-refractivity contribution in [3.8, 4) is 0 Å². The first-order valence-electron chi connectivity index (χ1n) is 5.10. The fourth-order valence-corrected chi connectivity index (χ4v) is 1.84. The van der Waals surface area contributed by atoms with E-state index in [1.807, 2.05) is 19.1 Å². The lowest BCUT2D eigenvalue weighted by atomic mass is 10.2. The standard InChI is InChI=1S/C12H15NO2S/c1-10-5-7-12(8-6-10)16(15)13-9-3-4-11(2)14/h5-9H,3-4H2,1-2H3/b13-9+. The van der Waals surface area contributed by atoms with Crippen LogP contribution in [0.5, 0.6) is 0 Å². The second-order valence-electron chi connectivity index (χ2n) is 3.59. The van der Waals surface area contributed by atoms with Gasteiger partial charge < -0.3 is 4.79 Å². The second kappa shape index (κ2) is 6.33. The molecule has 1 aromatic carbocycles. The monoisotopic (exact) mass is 237 g/mol. The lowest BCUT2D eigenvalue weighted by Gasteiger charge is -1.96. The summed E-state index contributed by atoms with van der Waals surface area (Å²) in [5, 5.41) is 0. The molecule has 0 fully saturated rings. The van der Waals surface area contributed by atoms with Crippen LogP contribution in [-0.2, 0) is 15.8 Å². The van der Waals surface area contributed by atoms with E-state index < -0.39 is 11.0 Å². The molecule has 3 nitrogen and oxygen atoms in total. The fourth-order valence-electron chi connectivity index (χ4n) is 1.10. The van der Waals surface area contributed by atoms with Gasteiger partial charge in [0.2, 0.25) is 0 Å². The van der Waals surface area contributed by atoms with Gasteiger partial charge in [0.05, 0.1) is 4.90 Å². The summed E-state index contributed by atoms with van der Waals surface area (Å²) in [7, 11) is -1.35. The Morgan fingerprint density at radius 2 is 2.00 bits per heavy atom. The van der Waals surface area contributed by atoms with Crippen LogP contribution in [0.25, 0.3) is 0 Å². The van der Waals surface area contributed by atoms with E-state index in [4.69, 9.17) is 0 Å². The number of benzene rings is 1. The zero-order valence-corrected chi connectivity index (χ0v) is 10.3. The van der Waals surface area contributed by atoms with Crippen molar-refractivity contribution in [1.29, 1.82) is 0 Å². The van der Waals surface area contributed by atoms with Gasteiger partial charge in [0.1, 0.15) is 5.78 Å². The van der Waals surface area contributed by atoms with Gasteiger partial charge in [0, 0.05) is 12.6 Å². The number of carbonyl (C=O) groups is 1. The first-order valence-corrected chi connectivity index (χ1v) is 6.21. The largest absolute Gasteiger partial charge is 0.300 e. The van der Waals surface area contributed by atoms with Crippen LogP contribution < -0.4 is 0 Å². The van der Waals surface area contributed by atoms with Crippen LogP contribution in [0, 0.1) is 6.92 Å². The zero-order valence-electron chi connectivity index (χ0n) is 9.47. The Morgan fingerprint density at radius 1 is 1.38 bits per heavy atom. The van der Waals surface area contributed by atoms with Crippen molar-refractivity contribution in [3.63, 3.8) is 0 Å². The highest BCUT2D eigenvalue weighted by Crippen LogP contribution is 2.08. The normalized spacial score (nSPS) is 12.9. The van der Waals surface area contributed by atoms with Crippen LogP contribution in [0.4, 0.5) is 0 Å². The van der Waals surface area contributed by atoms with Gasteiger partial charge in [0.25, 0.3) is 0 Å². The Hall–Kier alpha value is -1.29. The fraction of sp³-hybridized carbons (Fsp3) is 0.333. The molecule has 0 aliphatic rings. The van der Waals surface area contributed by atoms with E-state index in [-0.39, 0.29) is 5.78 Å². The Labute approximate surface area is 98.2 Å². The number of Topliss-reactive ketones (excluding diaryl/α,β-unsaturated/α-hetero) is 1. The second-order valence-corrected chi connectivity index (χ2v) is 4.77. The van der Waals surface area contributed by atoms with Crippen molar-refractivity contribution in [3.05, 3.63) is 29.8 Å². The number of ketones is 1. The Kier molecular flexibility index (Phi) is 5.05. The van der Waals surface area contributed by atoms with Gasteiger partial charge in [-0.15, -0.1) is 0 Å². The molecule has 0 aromatic heterocycles. The number of rotatable bonds is 5. The minimum Gasteiger partial charge on any atom is -0.300 e. The van der Waals surface area contributed by atoms with E-state index in [1.54, 1.807) is 18.3 Å². The molecule has 0 heterocycles. The van der Waals surface area contributed by atoms with Crippen LogP contribution in [0.15, 0.2) is 33.6 Å². The highest BCUT2D eigenvalue weighted by atomic mass is 32.2. The van der Waals surface area contributed by atoms with E-state index in [1.165, 1.54) is 6.92 Å². The molecule has 1 unspecified atom stereocenters. The van der Waals surface area contributed by atoms with Crippen molar-refractivity contribution < 1.29 is 9.00 Å². The van der Waals surface area contributed by atoms with Crippen molar-refractivity contribution in [1.82, 2.24) is 0 Å². The van der Waals surface area contributed by atoms with Crippen LogP contribution in [0.3, 0.4) is 0 Å². The van der Waals surface area contributed by atoms with Crippen molar-refractivity contribution in [2.75, 3.05) is 0 Å². The third-order valence-corrected chi connectivity index (χ3v) is 3.03. The Morgan fingerprint density at radius 3 is 2.56 bits per heavy atom. The molecule has 0 N–H and O–H groups in total. The van der Waals surface area contributed by atoms with Crippen molar-refractivity contribution in [2.24, 2.45) is 4.40 Å². The minimum absolute atomic E-state index is 0.118. The van der Waals surface area contributed by atoms with Gasteiger partial charge in [-0.1, -0.05) is 17.7 Å². The molecule has 0 spiro atoms. The van der Waals surface area contributed by atoms with Gasteiger partial charge in [-0.05, 0) is 32.4 Å². The maximum atomic E-state index is 11.6. The number of carbonyl (C=O) groups excluding carboxylic acids is 1. The maximum Gasteiger partial charge on any atom is 0.172 e. The van der Waals surface area contributed by atoms with E-state index in [9.17, 15) is 9.00 Å². The number of nitrogens with zero attached hydrogens (tertiary/aromatic N) is 1. The molecule has 86 valence electrons. The zero-order chi connectivity index (χ0) is 12.0. The van der Waals surface area contributed by atoms with Crippen molar-refractivity contribution in [2.45, 2.75) is 31.6 Å². The Balaban J connectivity index is 2.52. The molecule has 0 radical (unpaired) electrons. The third-order valence-electron chi connectivity index (χ3n) is 2.02. The summed E-state index contributed by atoms with van der Waals surface area (Å²) in [5.74, 6) is 0.118. The van der Waals surface area contributed by atoms with Gasteiger partial charge in [-0.3, -0.25) is 0 Å². The molecular weight excluding hydrogens is 222 g/mol. The van der Waals surface area contributed by atoms with Crippen molar-refractivity contribution >= 4 is 23.0 Å². The smallest absolute Gasteiger partial charge is 0.172 e. The summed E-state index contributed by atoms with van der Waals surface area (Å²) in [4.78, 5) is 11.3. The first-order chi connectivity index (χ1) is 7.59. The Bertz CT molecular complexity index is 410. The van der Waals surface area contributed by atoms with Gasteiger partial charge in [-0.2, -0.15) is 4.40 Å². The van der Waals surface area contributed by atoms with Gasteiger partial charge in [0.15, 0.2) is 11.0 Å². The van der Waals surface area contributed by atoms with Crippen LogP contribution in [0.1, 0.15) is 25.3 Å². The van der Waals surface area contributed by atoms with Crippen LogP contribution in [0.2, 0.25) is 0 Å². The van der Waals surface area contributed by atoms with E-state index in [0.717, 1.165) is 5.56 Å². The molecule has 1 atom stereocenters. The van der Waals surface area contributed by atoms with Gasteiger partial charge in [-0.25, -0.2) is 4.21 Å². The molecule has 1 aromatic rings. The summed E-state index contributed by atoms with van der Waals surface area (Å²) in [6, 6.07) is 7.40. The summed E-state index contributed by atoms with van der Waals surface area (Å²) in [6.45, 7) is 3.51. The molecule has 0 amide bonds. The SMILES string of the molecule is CC(=O)CC/C=N/S(=O)c1ccc(C)cc1. The van der Waals surface area contributed by atoms with Gasteiger partial charge >= 0.3 is 0 Å².